The normalized spacial score (nSPS) is 11.1. The van der Waals surface area contributed by atoms with Crippen molar-refractivity contribution >= 4 is 21.7 Å². The summed E-state index contributed by atoms with van der Waals surface area (Å²) < 4.78 is 39.3. The predicted octanol–water partition coefficient (Wildman–Crippen LogP) is 2.50. The smallest absolute Gasteiger partial charge is 0.305 e. The highest BCUT2D eigenvalue weighted by molar-refractivity contribution is 7.92. The van der Waals surface area contributed by atoms with Crippen molar-refractivity contribution in [3.63, 3.8) is 0 Å². The molecule has 0 fully saturated rings. The van der Waals surface area contributed by atoms with Crippen molar-refractivity contribution in [3.05, 3.63) is 60.4 Å². The Bertz CT molecular complexity index is 745. The molecule has 0 aliphatic rings. The van der Waals surface area contributed by atoms with Gasteiger partial charge in [-0.2, -0.15) is 0 Å². The summed E-state index contributed by atoms with van der Waals surface area (Å²) in [6.07, 6.45) is -0.338. The van der Waals surface area contributed by atoms with Crippen molar-refractivity contribution in [1.29, 1.82) is 0 Å². The molecule has 116 valence electrons. The van der Waals surface area contributed by atoms with Crippen LogP contribution in [0.15, 0.2) is 59.5 Å². The fourth-order valence-electron chi connectivity index (χ4n) is 1.91. The average molecular weight is 323 g/mol. The number of para-hydroxylation sites is 1. The lowest BCUT2D eigenvalue weighted by molar-refractivity contribution is -0.136. The molecule has 2 aromatic rings. The molecule has 0 aliphatic heterocycles. The first-order chi connectivity index (χ1) is 10.4. The van der Waals surface area contributed by atoms with Crippen LogP contribution in [-0.2, 0) is 14.8 Å². The van der Waals surface area contributed by atoms with Crippen LogP contribution in [0.4, 0.5) is 10.1 Å². The maximum Gasteiger partial charge on any atom is 0.305 e. The van der Waals surface area contributed by atoms with Crippen LogP contribution in [0.25, 0.3) is 0 Å². The summed E-state index contributed by atoms with van der Waals surface area (Å²) >= 11 is 0. The molecule has 0 spiro atoms. The van der Waals surface area contributed by atoms with Gasteiger partial charge in [-0.1, -0.05) is 18.2 Å². The van der Waals surface area contributed by atoms with Gasteiger partial charge in [0.25, 0.3) is 10.0 Å². The number of halogens is 1. The van der Waals surface area contributed by atoms with E-state index in [4.69, 9.17) is 5.11 Å². The Morgan fingerprint density at radius 2 is 1.64 bits per heavy atom. The largest absolute Gasteiger partial charge is 0.481 e. The SMILES string of the molecule is O=C(O)CCN(c1ccccc1)S(=O)(=O)c1ccc(F)cc1. The quantitative estimate of drug-likeness (QED) is 0.886. The zero-order valence-corrected chi connectivity index (χ0v) is 12.3. The number of sulfonamides is 1. The number of rotatable bonds is 6. The maximum absolute atomic E-state index is 13.0. The average Bonchev–Trinajstić information content (AvgIpc) is 2.48. The summed E-state index contributed by atoms with van der Waals surface area (Å²) in [5.41, 5.74) is 0.355. The number of hydrogen-bond donors (Lipinski definition) is 1. The van der Waals surface area contributed by atoms with Gasteiger partial charge in [-0.05, 0) is 36.4 Å². The van der Waals surface area contributed by atoms with E-state index < -0.39 is 21.8 Å². The number of anilines is 1. The molecule has 0 unspecified atom stereocenters. The molecule has 1 N–H and O–H groups in total. The van der Waals surface area contributed by atoms with E-state index in [0.29, 0.717) is 5.69 Å². The van der Waals surface area contributed by atoms with E-state index in [0.717, 1.165) is 28.6 Å². The number of carboxylic acid groups (broad SMARTS) is 1. The van der Waals surface area contributed by atoms with Crippen LogP contribution < -0.4 is 4.31 Å². The number of benzene rings is 2. The fourth-order valence-corrected chi connectivity index (χ4v) is 3.38. The summed E-state index contributed by atoms with van der Waals surface area (Å²) in [4.78, 5) is 10.7. The molecule has 0 amide bonds. The van der Waals surface area contributed by atoms with Crippen molar-refractivity contribution < 1.29 is 22.7 Å². The van der Waals surface area contributed by atoms with Gasteiger partial charge in [-0.3, -0.25) is 9.10 Å². The molecule has 7 heteroatoms. The van der Waals surface area contributed by atoms with Crippen LogP contribution in [0.1, 0.15) is 6.42 Å². The van der Waals surface area contributed by atoms with Crippen molar-refractivity contribution in [2.75, 3.05) is 10.8 Å². The molecule has 0 saturated heterocycles. The first-order valence-corrected chi connectivity index (χ1v) is 7.90. The third-order valence-electron chi connectivity index (χ3n) is 2.97. The zero-order chi connectivity index (χ0) is 16.2. The molecular weight excluding hydrogens is 309 g/mol. The second-order valence-corrected chi connectivity index (χ2v) is 6.37. The van der Waals surface area contributed by atoms with E-state index in [9.17, 15) is 17.6 Å². The first-order valence-electron chi connectivity index (χ1n) is 6.46. The lowest BCUT2D eigenvalue weighted by atomic mass is 10.3. The fraction of sp³-hybridized carbons (Fsp3) is 0.133. The Labute approximate surface area is 127 Å². The van der Waals surface area contributed by atoms with Crippen LogP contribution in [-0.4, -0.2) is 26.0 Å². The minimum atomic E-state index is -3.96. The molecule has 0 atom stereocenters. The Morgan fingerprint density at radius 1 is 1.05 bits per heavy atom. The Kier molecular flexibility index (Phi) is 4.77. The highest BCUT2D eigenvalue weighted by Crippen LogP contribution is 2.23. The predicted molar refractivity (Wildman–Crippen MR) is 79.6 cm³/mol. The number of carboxylic acids is 1. The first kappa shape index (κ1) is 16.0. The molecule has 0 saturated carbocycles. The molecule has 22 heavy (non-hydrogen) atoms. The molecule has 2 aromatic carbocycles. The Hall–Kier alpha value is -2.41. The highest BCUT2D eigenvalue weighted by Gasteiger charge is 2.25. The summed E-state index contributed by atoms with van der Waals surface area (Å²) in [5, 5.41) is 8.81. The van der Waals surface area contributed by atoms with Crippen molar-refractivity contribution in [2.24, 2.45) is 0 Å². The summed E-state index contributed by atoms with van der Waals surface area (Å²) in [7, 11) is -3.96. The monoisotopic (exact) mass is 323 g/mol. The molecule has 2 rings (SSSR count). The summed E-state index contributed by atoms with van der Waals surface area (Å²) in [6, 6.07) is 12.6. The highest BCUT2D eigenvalue weighted by atomic mass is 32.2. The van der Waals surface area contributed by atoms with E-state index in [1.807, 2.05) is 0 Å². The van der Waals surface area contributed by atoms with Crippen molar-refractivity contribution in [2.45, 2.75) is 11.3 Å². The molecule has 5 nitrogen and oxygen atoms in total. The van der Waals surface area contributed by atoms with Crippen LogP contribution in [0.3, 0.4) is 0 Å². The molecule has 0 heterocycles. The van der Waals surface area contributed by atoms with Crippen molar-refractivity contribution in [1.82, 2.24) is 0 Å². The Morgan fingerprint density at radius 3 is 2.18 bits per heavy atom. The van der Waals surface area contributed by atoms with E-state index in [2.05, 4.69) is 0 Å². The van der Waals surface area contributed by atoms with Crippen LogP contribution >= 0.6 is 0 Å². The van der Waals surface area contributed by atoms with Gasteiger partial charge < -0.3 is 5.11 Å². The van der Waals surface area contributed by atoms with Crippen LogP contribution in [0, 0.1) is 5.82 Å². The van der Waals surface area contributed by atoms with Gasteiger partial charge in [0, 0.05) is 6.54 Å². The second kappa shape index (κ2) is 6.57. The number of carbonyl (C=O) groups is 1. The van der Waals surface area contributed by atoms with Crippen molar-refractivity contribution in [3.8, 4) is 0 Å². The minimum absolute atomic E-state index is 0.0943. The van der Waals surface area contributed by atoms with E-state index in [1.54, 1.807) is 30.3 Å². The van der Waals surface area contributed by atoms with Gasteiger partial charge in [0.15, 0.2) is 0 Å². The second-order valence-electron chi connectivity index (χ2n) is 4.51. The molecule has 0 radical (unpaired) electrons. The van der Waals surface area contributed by atoms with Gasteiger partial charge in [0.05, 0.1) is 17.0 Å². The molecule has 0 aliphatic carbocycles. The standard InChI is InChI=1S/C15H14FNO4S/c16-12-6-8-14(9-7-12)22(20,21)17(11-10-15(18)19)13-4-2-1-3-5-13/h1-9H,10-11H2,(H,18,19). The summed E-state index contributed by atoms with van der Waals surface area (Å²) in [6.45, 7) is -0.209. The number of hydrogen-bond acceptors (Lipinski definition) is 3. The minimum Gasteiger partial charge on any atom is -0.481 e. The third kappa shape index (κ3) is 3.62. The summed E-state index contributed by atoms with van der Waals surface area (Å²) in [5.74, 6) is -1.65. The van der Waals surface area contributed by atoms with Gasteiger partial charge in [0.2, 0.25) is 0 Å². The van der Waals surface area contributed by atoms with Gasteiger partial charge in [-0.15, -0.1) is 0 Å². The van der Waals surface area contributed by atoms with E-state index in [-0.39, 0.29) is 17.9 Å². The maximum atomic E-state index is 13.0. The lowest BCUT2D eigenvalue weighted by Crippen LogP contribution is -2.33. The van der Waals surface area contributed by atoms with Crippen LogP contribution in [0.5, 0.6) is 0 Å². The lowest BCUT2D eigenvalue weighted by Gasteiger charge is -2.23. The van der Waals surface area contributed by atoms with E-state index >= 15 is 0 Å². The van der Waals surface area contributed by atoms with Gasteiger partial charge in [-0.25, -0.2) is 12.8 Å². The Balaban J connectivity index is 2.43. The molecule has 0 aromatic heterocycles. The van der Waals surface area contributed by atoms with Gasteiger partial charge in [0.1, 0.15) is 5.82 Å². The number of aliphatic carboxylic acids is 1. The van der Waals surface area contributed by atoms with Gasteiger partial charge >= 0.3 is 5.97 Å². The zero-order valence-electron chi connectivity index (χ0n) is 11.5. The topological polar surface area (TPSA) is 74.7 Å². The van der Waals surface area contributed by atoms with E-state index in [1.165, 1.54) is 0 Å². The third-order valence-corrected chi connectivity index (χ3v) is 4.82. The molecule has 0 bridgehead atoms. The number of nitrogens with zero attached hydrogens (tertiary/aromatic N) is 1. The molecular formula is C15H14FNO4S. The van der Waals surface area contributed by atoms with Crippen LogP contribution in [0.2, 0.25) is 0 Å².